The van der Waals surface area contributed by atoms with Crippen LogP contribution >= 0.6 is 0 Å². The van der Waals surface area contributed by atoms with Crippen molar-refractivity contribution in [3.8, 4) is 0 Å². The van der Waals surface area contributed by atoms with Gasteiger partial charge in [-0.1, -0.05) is 105 Å². The number of carbonyl (C=O) groups excluding carboxylic acids is 9. The van der Waals surface area contributed by atoms with Crippen molar-refractivity contribution in [1.29, 1.82) is 0 Å². The Morgan fingerprint density at radius 1 is 0.490 bits per heavy atom. The molecule has 4 aliphatic heterocycles. The fourth-order valence-corrected chi connectivity index (χ4v) is 12.5. The van der Waals surface area contributed by atoms with Gasteiger partial charge in [-0.3, -0.25) is 43.2 Å². The summed E-state index contributed by atoms with van der Waals surface area (Å²) in [4.78, 5) is 144. The minimum Gasteiger partial charge on any atom is -0.475 e. The number of likely N-dealkylation sites (N-methyl/N-ethyl adjacent to an activating group) is 2. The molecule has 3 aromatic carbocycles. The lowest BCUT2D eigenvalue weighted by Crippen LogP contribution is -2.59. The SMILES string of the molecule is CC[C@H](NC)C(=O)N[C@@H]1C(=O)N2C(C(=O)NC(c3ccccc3)c3ccccc3)CC[C@@H]2CC[C@@H]1CNC(=O)COCC(=O)NCCOCCOCCOCCNC(=O)[C@@H](NC(=O)[C@@H]1CC[C@@H]2CC[C@H](CO)[C@H](NC(=O)[C@H](CC)NC)C(=O)N21)c1ccccc1.O=C(O)C(F)(F)F.O=C(O)C(F)(F)F. The first kappa shape index (κ1) is 85.8. The molecule has 9 amide bonds. The number of carbonyl (C=O) groups is 11. The van der Waals surface area contributed by atoms with Gasteiger partial charge in [-0.25, -0.2) is 9.59 Å². The molecule has 104 heavy (non-hydrogen) atoms. The number of benzene rings is 3. The van der Waals surface area contributed by atoms with Crippen molar-refractivity contribution in [3.05, 3.63) is 108 Å². The number of carboxylic acids is 2. The average Bonchev–Trinajstić information content (AvgIpc) is 1.63. The quantitative estimate of drug-likeness (QED) is 0.0296. The van der Waals surface area contributed by atoms with Crippen LogP contribution in [0, 0.1) is 11.8 Å². The average molecular weight is 1480 g/mol. The molecule has 0 aromatic heterocycles. The van der Waals surface area contributed by atoms with Crippen molar-refractivity contribution < 1.29 is 113 Å². The molecule has 3 aromatic rings. The Kier molecular flexibility index (Phi) is 35.8. The molecule has 4 aliphatic rings. The molecule has 1 unspecified atom stereocenters. The topological polar surface area (TPSA) is 400 Å². The second-order valence-corrected chi connectivity index (χ2v) is 24.8. The summed E-state index contributed by atoms with van der Waals surface area (Å²) in [5.74, 6) is -10.3. The van der Waals surface area contributed by atoms with Crippen LogP contribution in [0.2, 0.25) is 0 Å². The van der Waals surface area contributed by atoms with E-state index in [0.717, 1.165) is 11.1 Å². The van der Waals surface area contributed by atoms with Gasteiger partial charge in [-0.2, -0.15) is 26.3 Å². The van der Waals surface area contributed by atoms with Gasteiger partial charge in [0, 0.05) is 50.2 Å². The lowest BCUT2D eigenvalue weighted by molar-refractivity contribution is -0.193. The number of aliphatic hydroxyl groups is 1. The molecule has 12 N–H and O–H groups in total. The fourth-order valence-electron chi connectivity index (χ4n) is 12.5. The number of aliphatic hydroxyl groups excluding tert-OH is 1. The van der Waals surface area contributed by atoms with E-state index in [1.54, 1.807) is 54.2 Å². The van der Waals surface area contributed by atoms with E-state index >= 15 is 0 Å². The van der Waals surface area contributed by atoms with Gasteiger partial charge in [-0.05, 0) is 95.0 Å². The van der Waals surface area contributed by atoms with Crippen molar-refractivity contribution in [1.82, 2.24) is 57.7 Å². The number of hydrogen-bond acceptors (Lipinski definition) is 18. The molecule has 35 heteroatoms. The highest BCUT2D eigenvalue weighted by Crippen LogP contribution is 2.37. The number of halogens is 6. The van der Waals surface area contributed by atoms with Crippen molar-refractivity contribution in [2.24, 2.45) is 11.8 Å². The molecule has 0 aliphatic carbocycles. The van der Waals surface area contributed by atoms with Crippen LogP contribution in [0.4, 0.5) is 26.3 Å². The molecule has 29 nitrogen and oxygen atoms in total. The summed E-state index contributed by atoms with van der Waals surface area (Å²) in [5, 5.41) is 50.7. The predicted molar refractivity (Wildman–Crippen MR) is 360 cm³/mol. The van der Waals surface area contributed by atoms with Crippen LogP contribution < -0.4 is 47.9 Å². The first-order valence-corrected chi connectivity index (χ1v) is 34.3. The number of carboxylic acid groups (broad SMARTS) is 2. The highest BCUT2D eigenvalue weighted by Gasteiger charge is 2.50. The summed E-state index contributed by atoms with van der Waals surface area (Å²) in [7, 11) is 3.33. The number of alkyl halides is 6. The fraction of sp³-hybridized carbons (Fsp3) is 0.580. The van der Waals surface area contributed by atoms with Crippen LogP contribution in [-0.4, -0.2) is 244 Å². The third kappa shape index (κ3) is 26.7. The van der Waals surface area contributed by atoms with Gasteiger partial charge in [0.25, 0.3) is 0 Å². The van der Waals surface area contributed by atoms with Crippen LogP contribution in [0.3, 0.4) is 0 Å². The lowest BCUT2D eigenvalue weighted by Gasteiger charge is -2.33. The Hall–Kier alpha value is -8.87. The van der Waals surface area contributed by atoms with Crippen LogP contribution in [-0.2, 0) is 71.7 Å². The number of nitrogens with one attached hydrogen (secondary N) is 9. The molecule has 0 radical (unpaired) electrons. The molecule has 0 bridgehead atoms. The summed E-state index contributed by atoms with van der Waals surface area (Å²) >= 11 is 0. The smallest absolute Gasteiger partial charge is 0.475 e. The molecule has 0 saturated carbocycles. The molecule has 576 valence electrons. The molecule has 4 saturated heterocycles. The van der Waals surface area contributed by atoms with Crippen LogP contribution in [0.5, 0.6) is 0 Å². The van der Waals surface area contributed by atoms with Crippen molar-refractivity contribution in [2.75, 3.05) is 93.2 Å². The van der Waals surface area contributed by atoms with E-state index in [1.165, 1.54) is 0 Å². The maximum atomic E-state index is 14.7. The molecular weight excluding hydrogens is 1380 g/mol. The van der Waals surface area contributed by atoms with Gasteiger partial charge >= 0.3 is 24.3 Å². The number of aliphatic carboxylic acids is 2. The number of ether oxygens (including phenoxy) is 4. The van der Waals surface area contributed by atoms with Gasteiger partial charge in [0.2, 0.25) is 53.2 Å². The molecule has 11 atom stereocenters. The minimum atomic E-state index is -5.08. The number of amides is 9. The Morgan fingerprint density at radius 3 is 1.28 bits per heavy atom. The third-order valence-electron chi connectivity index (χ3n) is 17.9. The maximum absolute atomic E-state index is 14.7. The molecule has 7 rings (SSSR count). The first-order valence-electron chi connectivity index (χ1n) is 34.3. The summed E-state index contributed by atoms with van der Waals surface area (Å²) in [5.41, 5.74) is 2.34. The Morgan fingerprint density at radius 2 is 0.865 bits per heavy atom. The van der Waals surface area contributed by atoms with Crippen LogP contribution in [0.15, 0.2) is 91.0 Å². The Bertz CT molecular complexity index is 3190. The summed E-state index contributed by atoms with van der Waals surface area (Å²) in [6.45, 7) is 4.26. The van der Waals surface area contributed by atoms with Gasteiger partial charge in [0.1, 0.15) is 43.4 Å². The lowest BCUT2D eigenvalue weighted by atomic mass is 9.92. The number of nitrogens with zero attached hydrogens (tertiary/aromatic N) is 2. The van der Waals surface area contributed by atoms with E-state index < -0.39 is 121 Å². The highest BCUT2D eigenvalue weighted by atomic mass is 19.4. The van der Waals surface area contributed by atoms with Crippen LogP contribution in [0.25, 0.3) is 0 Å². The molecule has 4 heterocycles. The number of fused-ring (bicyclic) bond motifs is 2. The molecular formula is C69H95F6N11O18. The van der Waals surface area contributed by atoms with Gasteiger partial charge in [0.05, 0.1) is 57.8 Å². The molecule has 0 spiro atoms. The van der Waals surface area contributed by atoms with E-state index in [1.807, 2.05) is 74.5 Å². The Balaban J connectivity index is 0.00000126. The monoisotopic (exact) mass is 1480 g/mol. The molecule has 4 fully saturated rings. The minimum absolute atomic E-state index is 0.0444. The van der Waals surface area contributed by atoms with Gasteiger partial charge in [0.15, 0.2) is 0 Å². The summed E-state index contributed by atoms with van der Waals surface area (Å²) < 4.78 is 85.7. The second kappa shape index (κ2) is 43.4. The van der Waals surface area contributed by atoms with Crippen molar-refractivity contribution in [2.45, 2.75) is 151 Å². The van der Waals surface area contributed by atoms with E-state index in [2.05, 4.69) is 47.9 Å². The zero-order valence-electron chi connectivity index (χ0n) is 58.3. The van der Waals surface area contributed by atoms with Crippen molar-refractivity contribution in [3.63, 3.8) is 0 Å². The van der Waals surface area contributed by atoms with E-state index in [-0.39, 0.29) is 108 Å². The highest BCUT2D eigenvalue weighted by molar-refractivity contribution is 5.97. The largest absolute Gasteiger partial charge is 0.490 e. The second-order valence-electron chi connectivity index (χ2n) is 24.8. The number of rotatable bonds is 35. The normalized spacial score (nSPS) is 20.9. The third-order valence-corrected chi connectivity index (χ3v) is 17.9. The van der Waals surface area contributed by atoms with Crippen molar-refractivity contribution >= 4 is 65.1 Å². The summed E-state index contributed by atoms with van der Waals surface area (Å²) in [6, 6.07) is 21.3. The Labute approximate surface area is 597 Å². The first-order chi connectivity index (χ1) is 49.6. The summed E-state index contributed by atoms with van der Waals surface area (Å²) in [6.07, 6.45) is -5.07. The van der Waals surface area contributed by atoms with Crippen LogP contribution in [0.1, 0.15) is 107 Å². The van der Waals surface area contributed by atoms with E-state index in [9.17, 15) is 74.6 Å². The van der Waals surface area contributed by atoms with Gasteiger partial charge < -0.3 is 91.9 Å². The van der Waals surface area contributed by atoms with E-state index in [4.69, 9.17) is 38.7 Å². The zero-order valence-corrected chi connectivity index (χ0v) is 58.3. The predicted octanol–water partition coefficient (Wildman–Crippen LogP) is 1.93. The van der Waals surface area contributed by atoms with Gasteiger partial charge in [-0.15, -0.1) is 0 Å². The zero-order chi connectivity index (χ0) is 76.5. The maximum Gasteiger partial charge on any atom is 0.490 e. The standard InChI is InChI=1S/C65H93N11O14.2C2HF3O2/c1-5-49(66-3)59(80)73-57-45(22-24-47-26-28-51(75(47)64(57)85)61(82)71-55(42-16-10-7-11-17-42)43-18-12-8-13-19-43)38-70-54(79)41-90-40-53(78)68-30-32-87-34-36-89-37-35-88-33-31-69-63(84)56(44-20-14-9-15-21-44)72-62(83)52-29-27-48-25-23-46(39-77)58(65(86)76(48)52)74-60(81)50(6-2)67-4;2*3-2(4,5)1(6)7/h7-21,45-52,55-58,66-67,77H,5-6,22-41H2,1-4H3,(H,68,78)(H,69,84)(H,70,79)(H,71,82)(H,72,83)(H,73,80)(H,74,81);2*(H,6,7)/t45-,46-,47+,48+,49+,50+,51?,52+,56+,57+,58+;;/m1../s1. The number of hydrogen-bond donors (Lipinski definition) is 12. The van der Waals surface area contributed by atoms with E-state index in [0.29, 0.717) is 69.8 Å².